The van der Waals surface area contributed by atoms with Gasteiger partial charge in [0, 0.05) is 18.0 Å². The monoisotopic (exact) mass is 284 g/mol. The highest BCUT2D eigenvalue weighted by atomic mass is 35.5. The molecule has 0 bridgehead atoms. The first kappa shape index (κ1) is 12.5. The van der Waals surface area contributed by atoms with Crippen LogP contribution >= 0.6 is 11.6 Å². The third kappa shape index (κ3) is 1.87. The highest BCUT2D eigenvalue weighted by Gasteiger charge is 2.15. The second-order valence-corrected chi connectivity index (χ2v) is 4.40. The molecule has 0 aliphatic carbocycles. The zero-order valence-electron chi connectivity index (χ0n) is 10.5. The van der Waals surface area contributed by atoms with Crippen molar-refractivity contribution in [3.05, 3.63) is 53.2 Å². The van der Waals surface area contributed by atoms with Crippen LogP contribution in [-0.4, -0.2) is 21.5 Å². The van der Waals surface area contributed by atoms with Crippen LogP contribution in [0.5, 0.6) is 5.88 Å². The fraction of sp³-hybridized carbons (Fsp3) is 0.0714. The first-order valence-electron chi connectivity index (χ1n) is 5.79. The Balaban J connectivity index is 2.24. The van der Waals surface area contributed by atoms with Crippen molar-refractivity contribution in [2.75, 3.05) is 7.11 Å². The van der Waals surface area contributed by atoms with E-state index >= 15 is 0 Å². The highest BCUT2D eigenvalue weighted by Crippen LogP contribution is 2.31. The second kappa shape index (κ2) is 4.83. The van der Waals surface area contributed by atoms with E-state index in [9.17, 15) is 0 Å². The smallest absolute Gasteiger partial charge is 0.258 e. The third-order valence-corrected chi connectivity index (χ3v) is 3.28. The van der Waals surface area contributed by atoms with Crippen molar-refractivity contribution < 1.29 is 4.74 Å². The number of halogens is 1. The van der Waals surface area contributed by atoms with Gasteiger partial charge in [-0.2, -0.15) is 0 Å². The number of aromatic nitrogens is 3. The minimum Gasteiger partial charge on any atom is -0.478 e. The lowest BCUT2D eigenvalue weighted by atomic mass is 10.1. The molecule has 98 valence electrons. The van der Waals surface area contributed by atoms with Crippen LogP contribution in [-0.2, 0) is 0 Å². The summed E-state index contributed by atoms with van der Waals surface area (Å²) in [6, 6.07) is 7.07. The van der Waals surface area contributed by atoms with Gasteiger partial charge in [0.2, 0.25) is 5.65 Å². The highest BCUT2D eigenvalue weighted by molar-refractivity contribution is 6.32. The molecular weight excluding hydrogens is 276 g/mol. The summed E-state index contributed by atoms with van der Waals surface area (Å²) >= 11 is 6.36. The number of methoxy groups -OCH3 is 1. The second-order valence-electron chi connectivity index (χ2n) is 4.04. The van der Waals surface area contributed by atoms with Gasteiger partial charge < -0.3 is 4.74 Å². The van der Waals surface area contributed by atoms with Gasteiger partial charge in [0.05, 0.1) is 13.7 Å². The predicted octanol–water partition coefficient (Wildman–Crippen LogP) is 3.61. The normalized spacial score (nSPS) is 10.4. The molecule has 2 heterocycles. The van der Waals surface area contributed by atoms with Crippen molar-refractivity contribution >= 4 is 22.9 Å². The van der Waals surface area contributed by atoms with Gasteiger partial charge in [-0.05, 0) is 0 Å². The van der Waals surface area contributed by atoms with E-state index < -0.39 is 0 Å². The lowest BCUT2D eigenvalue weighted by molar-refractivity contribution is 0.400. The molecule has 3 aromatic rings. The summed E-state index contributed by atoms with van der Waals surface area (Å²) in [6.45, 7) is 6.96. The zero-order chi connectivity index (χ0) is 14.1. The maximum Gasteiger partial charge on any atom is 0.258 e. The van der Waals surface area contributed by atoms with Crippen LogP contribution in [0.3, 0.4) is 0 Å². The Morgan fingerprint density at radius 1 is 1.30 bits per heavy atom. The molecule has 0 aliphatic rings. The molecule has 3 rings (SSSR count). The molecule has 1 aromatic carbocycles. The molecule has 0 saturated carbocycles. The molecule has 0 aliphatic heterocycles. The number of rotatable bonds is 2. The maximum atomic E-state index is 6.96. The van der Waals surface area contributed by atoms with Crippen molar-refractivity contribution in [1.82, 2.24) is 14.4 Å². The van der Waals surface area contributed by atoms with E-state index in [2.05, 4.69) is 14.8 Å². The lowest BCUT2D eigenvalue weighted by Crippen LogP contribution is -1.99. The Hall–Kier alpha value is -2.58. The average molecular weight is 285 g/mol. The van der Waals surface area contributed by atoms with Crippen LogP contribution in [0, 0.1) is 6.57 Å². The van der Waals surface area contributed by atoms with Gasteiger partial charge in [-0.1, -0.05) is 35.9 Å². The van der Waals surface area contributed by atoms with E-state index in [1.807, 2.05) is 12.1 Å². The summed E-state index contributed by atoms with van der Waals surface area (Å²) in [6.07, 6.45) is 3.39. The molecule has 0 fully saturated rings. The first-order chi connectivity index (χ1) is 9.74. The third-order valence-electron chi connectivity index (χ3n) is 2.92. The molecule has 0 atom stereocenters. The van der Waals surface area contributed by atoms with Gasteiger partial charge in [0.25, 0.3) is 5.88 Å². The molecule has 2 aromatic heterocycles. The van der Waals surface area contributed by atoms with Crippen molar-refractivity contribution in [3.8, 4) is 17.1 Å². The maximum absolute atomic E-state index is 6.96. The number of hydrogen-bond acceptors (Lipinski definition) is 3. The fourth-order valence-corrected chi connectivity index (χ4v) is 2.23. The number of imidazole rings is 1. The zero-order valence-corrected chi connectivity index (χ0v) is 11.3. The number of hydrogen-bond donors (Lipinski definition) is 0. The van der Waals surface area contributed by atoms with Crippen LogP contribution in [0.25, 0.3) is 21.7 Å². The van der Waals surface area contributed by atoms with E-state index in [1.54, 1.807) is 28.9 Å². The van der Waals surface area contributed by atoms with Gasteiger partial charge in [0.1, 0.15) is 10.8 Å². The summed E-state index contributed by atoms with van der Waals surface area (Å²) < 4.78 is 6.96. The number of nitrogens with zero attached hydrogens (tertiary/aromatic N) is 4. The van der Waals surface area contributed by atoms with E-state index in [0.29, 0.717) is 28.1 Å². The molecular formula is C14H9ClN4O. The predicted molar refractivity (Wildman–Crippen MR) is 76.2 cm³/mol. The standard InChI is InChI=1S/C14H9ClN4O/c1-16-10-5-3-9(4-6-10)11-12(15)19-8-7-17-13(19)14(18-11)20-2/h3-8H,2H3. The quantitative estimate of drug-likeness (QED) is 0.675. The van der Waals surface area contributed by atoms with Crippen molar-refractivity contribution in [3.63, 3.8) is 0 Å². The molecule has 0 radical (unpaired) electrons. The molecule has 0 saturated heterocycles. The van der Waals surface area contributed by atoms with Gasteiger partial charge in [0.15, 0.2) is 5.69 Å². The van der Waals surface area contributed by atoms with E-state index in [1.165, 1.54) is 7.11 Å². The van der Waals surface area contributed by atoms with E-state index in [4.69, 9.17) is 22.9 Å². The molecule has 5 nitrogen and oxygen atoms in total. The van der Waals surface area contributed by atoms with Crippen molar-refractivity contribution in [2.45, 2.75) is 0 Å². The van der Waals surface area contributed by atoms with E-state index in [-0.39, 0.29) is 0 Å². The molecule has 0 unspecified atom stereocenters. The van der Waals surface area contributed by atoms with Gasteiger partial charge in [-0.15, -0.1) is 0 Å². The SMILES string of the molecule is [C-]#[N+]c1ccc(-c2nc(OC)c3nccn3c2Cl)cc1. The van der Waals surface area contributed by atoms with Crippen LogP contribution in [0.2, 0.25) is 5.15 Å². The summed E-state index contributed by atoms with van der Waals surface area (Å²) in [4.78, 5) is 11.9. The topological polar surface area (TPSA) is 43.8 Å². The average Bonchev–Trinajstić information content (AvgIpc) is 2.98. The minimum atomic E-state index is 0.406. The fourth-order valence-electron chi connectivity index (χ4n) is 1.95. The Bertz CT molecular complexity index is 818. The summed E-state index contributed by atoms with van der Waals surface area (Å²) in [5, 5.41) is 0.453. The molecule has 0 N–H and O–H groups in total. The van der Waals surface area contributed by atoms with Crippen LogP contribution in [0.15, 0.2) is 36.7 Å². The summed E-state index contributed by atoms with van der Waals surface area (Å²) in [5.41, 5.74) is 2.54. The lowest BCUT2D eigenvalue weighted by Gasteiger charge is -2.09. The summed E-state index contributed by atoms with van der Waals surface area (Å²) in [5.74, 6) is 0.406. The molecule has 0 spiro atoms. The number of benzene rings is 1. The van der Waals surface area contributed by atoms with Gasteiger partial charge in [-0.3, -0.25) is 4.40 Å². The molecule has 6 heteroatoms. The van der Waals surface area contributed by atoms with Crippen LogP contribution < -0.4 is 4.74 Å². The molecule has 0 amide bonds. The van der Waals surface area contributed by atoms with Crippen molar-refractivity contribution in [2.24, 2.45) is 0 Å². The first-order valence-corrected chi connectivity index (χ1v) is 6.17. The summed E-state index contributed by atoms with van der Waals surface area (Å²) in [7, 11) is 1.54. The van der Waals surface area contributed by atoms with Gasteiger partial charge >= 0.3 is 0 Å². The van der Waals surface area contributed by atoms with Crippen LogP contribution in [0.1, 0.15) is 0 Å². The Morgan fingerprint density at radius 2 is 2.05 bits per heavy atom. The number of ether oxygens (including phenoxy) is 1. The Morgan fingerprint density at radius 3 is 2.70 bits per heavy atom. The Kier molecular flexibility index (Phi) is 3.01. The van der Waals surface area contributed by atoms with Crippen molar-refractivity contribution in [1.29, 1.82) is 0 Å². The van der Waals surface area contributed by atoms with E-state index in [0.717, 1.165) is 5.56 Å². The van der Waals surface area contributed by atoms with Crippen LogP contribution in [0.4, 0.5) is 5.69 Å². The number of fused-ring (bicyclic) bond motifs is 1. The molecule has 20 heavy (non-hydrogen) atoms. The van der Waals surface area contributed by atoms with Gasteiger partial charge in [-0.25, -0.2) is 14.8 Å². The largest absolute Gasteiger partial charge is 0.478 e. The minimum absolute atomic E-state index is 0.406. The Labute approximate surface area is 120 Å².